The number of rotatable bonds is 5. The Morgan fingerprint density at radius 2 is 2.00 bits per heavy atom. The zero-order valence-electron chi connectivity index (χ0n) is 8.69. The van der Waals surface area contributed by atoms with Gasteiger partial charge in [0.1, 0.15) is 17.2 Å². The van der Waals surface area contributed by atoms with Crippen LogP contribution in [0.5, 0.6) is 5.75 Å². The summed E-state index contributed by atoms with van der Waals surface area (Å²) >= 11 is 11.1. The Labute approximate surface area is 104 Å². The number of hydrogen-bond acceptors (Lipinski definition) is 3. The minimum atomic E-state index is -1.06. The predicted octanol–water partition coefficient (Wildman–Crippen LogP) is 2.14. The number of methoxy groups -OCH3 is 1. The first kappa shape index (κ1) is 13.3. The largest absolute Gasteiger partial charge is 0.497 e. The van der Waals surface area contributed by atoms with Crippen LogP contribution < -0.4 is 4.74 Å². The summed E-state index contributed by atoms with van der Waals surface area (Å²) in [5, 5.41) is 8.78. The molecule has 5 heteroatoms. The summed E-state index contributed by atoms with van der Waals surface area (Å²) in [6.07, 6.45) is -1.06. The Morgan fingerprint density at radius 1 is 1.44 bits per heavy atom. The zero-order chi connectivity index (χ0) is 12.1. The van der Waals surface area contributed by atoms with Gasteiger partial charge in [-0.2, -0.15) is 0 Å². The van der Waals surface area contributed by atoms with Crippen LogP contribution in [0.1, 0.15) is 11.7 Å². The highest BCUT2D eigenvalue weighted by Gasteiger charge is 2.24. The molecule has 2 atom stereocenters. The summed E-state index contributed by atoms with van der Waals surface area (Å²) in [6.45, 7) is 0. The molecule has 0 saturated carbocycles. The minimum absolute atomic E-state index is 0.207. The van der Waals surface area contributed by atoms with Gasteiger partial charge in [-0.1, -0.05) is 12.1 Å². The van der Waals surface area contributed by atoms with Gasteiger partial charge >= 0.3 is 0 Å². The fourth-order valence-corrected chi connectivity index (χ4v) is 1.69. The van der Waals surface area contributed by atoms with E-state index in [4.69, 9.17) is 27.9 Å². The second-order valence-electron chi connectivity index (χ2n) is 3.22. The Kier molecular flexibility index (Phi) is 5.06. The van der Waals surface area contributed by atoms with Gasteiger partial charge in [-0.15, -0.1) is 23.2 Å². The van der Waals surface area contributed by atoms with Crippen LogP contribution in [0.2, 0.25) is 0 Å². The molecule has 2 unspecified atom stereocenters. The molecule has 0 fully saturated rings. The van der Waals surface area contributed by atoms with Crippen molar-refractivity contribution in [2.45, 2.75) is 11.5 Å². The molecule has 1 aromatic rings. The van der Waals surface area contributed by atoms with Crippen LogP contribution in [-0.4, -0.2) is 29.3 Å². The Balaban J connectivity index is 2.79. The lowest BCUT2D eigenvalue weighted by atomic mass is 10.0. The molecule has 0 saturated heterocycles. The van der Waals surface area contributed by atoms with E-state index in [9.17, 15) is 9.90 Å². The van der Waals surface area contributed by atoms with Crippen molar-refractivity contribution in [1.29, 1.82) is 0 Å². The predicted molar refractivity (Wildman–Crippen MR) is 63.3 cm³/mol. The molecule has 1 N–H and O–H groups in total. The molecular formula is C11H12Cl2O3. The molecule has 0 aliphatic rings. The van der Waals surface area contributed by atoms with Crippen molar-refractivity contribution >= 4 is 29.0 Å². The molecule has 88 valence electrons. The van der Waals surface area contributed by atoms with Crippen molar-refractivity contribution in [2.75, 3.05) is 13.0 Å². The molecular weight excluding hydrogens is 251 g/mol. The third-order valence-electron chi connectivity index (χ3n) is 2.17. The molecule has 0 heterocycles. The van der Waals surface area contributed by atoms with E-state index in [-0.39, 0.29) is 5.88 Å². The molecule has 0 aromatic heterocycles. The van der Waals surface area contributed by atoms with Gasteiger partial charge in [-0.3, -0.25) is 4.79 Å². The molecule has 0 radical (unpaired) electrons. The number of carbonyl (C=O) groups excluding carboxylic acids is 1. The molecule has 0 bridgehead atoms. The lowest BCUT2D eigenvalue weighted by molar-refractivity contribution is -0.118. The van der Waals surface area contributed by atoms with Crippen LogP contribution in [0, 0.1) is 0 Å². The second kappa shape index (κ2) is 6.09. The Morgan fingerprint density at radius 3 is 2.44 bits per heavy atom. The van der Waals surface area contributed by atoms with Crippen LogP contribution in [0.15, 0.2) is 24.3 Å². The van der Waals surface area contributed by atoms with Crippen molar-refractivity contribution in [3.05, 3.63) is 29.8 Å². The van der Waals surface area contributed by atoms with Crippen LogP contribution in [0.3, 0.4) is 0 Å². The maximum atomic E-state index is 11.2. The summed E-state index contributed by atoms with van der Waals surface area (Å²) in [5.41, 5.74) is 0.555. The smallest absolute Gasteiger partial charge is 0.168 e. The number of halogens is 2. The third kappa shape index (κ3) is 3.11. The van der Waals surface area contributed by atoms with Crippen LogP contribution in [0.4, 0.5) is 0 Å². The quantitative estimate of drug-likeness (QED) is 0.828. The second-order valence-corrected chi connectivity index (χ2v) is 3.96. The van der Waals surface area contributed by atoms with Gasteiger partial charge < -0.3 is 9.84 Å². The molecule has 0 aliphatic heterocycles. The van der Waals surface area contributed by atoms with Gasteiger partial charge in [0.25, 0.3) is 0 Å². The molecule has 0 spiro atoms. The number of alkyl halides is 2. The fourth-order valence-electron chi connectivity index (χ4n) is 1.22. The van der Waals surface area contributed by atoms with E-state index in [2.05, 4.69) is 0 Å². The van der Waals surface area contributed by atoms with Gasteiger partial charge in [-0.25, -0.2) is 0 Å². The van der Waals surface area contributed by atoms with Gasteiger partial charge in [-0.05, 0) is 17.7 Å². The molecule has 16 heavy (non-hydrogen) atoms. The van der Waals surface area contributed by atoms with Gasteiger partial charge in [0.15, 0.2) is 5.78 Å². The normalized spacial score (nSPS) is 14.2. The summed E-state index contributed by atoms with van der Waals surface area (Å²) in [6, 6.07) is 6.68. The molecule has 1 aromatic carbocycles. The van der Waals surface area contributed by atoms with Gasteiger partial charge in [0, 0.05) is 0 Å². The highest BCUT2D eigenvalue weighted by atomic mass is 35.5. The maximum Gasteiger partial charge on any atom is 0.168 e. The van der Waals surface area contributed by atoms with Gasteiger partial charge in [0.2, 0.25) is 0 Å². The number of aliphatic hydroxyl groups excluding tert-OH is 1. The first-order valence-corrected chi connectivity index (χ1v) is 5.62. The summed E-state index contributed by atoms with van der Waals surface area (Å²) in [4.78, 5) is 11.2. The van der Waals surface area contributed by atoms with Crippen molar-refractivity contribution in [3.63, 3.8) is 0 Å². The standard InChI is InChI=1S/C11H12Cl2O3/c1-16-8-4-2-7(3-5-8)11(15)10(13)9(14)6-12/h2-5,10-11,15H,6H2,1H3. The average Bonchev–Trinajstić information content (AvgIpc) is 2.36. The van der Waals surface area contributed by atoms with E-state index in [1.54, 1.807) is 31.4 Å². The number of aliphatic hydroxyl groups is 1. The molecule has 0 amide bonds. The van der Waals surface area contributed by atoms with E-state index >= 15 is 0 Å². The van der Waals surface area contributed by atoms with Crippen LogP contribution >= 0.6 is 23.2 Å². The number of benzene rings is 1. The van der Waals surface area contributed by atoms with E-state index < -0.39 is 17.3 Å². The molecule has 0 aliphatic carbocycles. The Hall–Kier alpha value is -0.770. The van der Waals surface area contributed by atoms with E-state index in [1.807, 2.05) is 0 Å². The number of ketones is 1. The van der Waals surface area contributed by atoms with Crippen LogP contribution in [-0.2, 0) is 4.79 Å². The van der Waals surface area contributed by atoms with E-state index in [0.29, 0.717) is 11.3 Å². The van der Waals surface area contributed by atoms with E-state index in [0.717, 1.165) is 0 Å². The zero-order valence-corrected chi connectivity index (χ0v) is 10.2. The van der Waals surface area contributed by atoms with Crippen molar-refractivity contribution in [3.8, 4) is 5.75 Å². The summed E-state index contributed by atoms with van der Waals surface area (Å²) in [7, 11) is 1.55. The van der Waals surface area contributed by atoms with Crippen molar-refractivity contribution in [2.24, 2.45) is 0 Å². The third-order valence-corrected chi connectivity index (χ3v) is 2.92. The number of hydrogen-bond donors (Lipinski definition) is 1. The summed E-state index contributed by atoms with van der Waals surface area (Å²) < 4.78 is 4.98. The highest BCUT2D eigenvalue weighted by molar-refractivity contribution is 6.38. The topological polar surface area (TPSA) is 46.5 Å². The SMILES string of the molecule is COc1ccc(C(O)C(Cl)C(=O)CCl)cc1. The van der Waals surface area contributed by atoms with Crippen molar-refractivity contribution in [1.82, 2.24) is 0 Å². The molecule has 1 rings (SSSR count). The average molecular weight is 263 g/mol. The fraction of sp³-hybridized carbons (Fsp3) is 0.364. The Bertz CT molecular complexity index is 351. The van der Waals surface area contributed by atoms with Crippen LogP contribution in [0.25, 0.3) is 0 Å². The van der Waals surface area contributed by atoms with E-state index in [1.165, 1.54) is 0 Å². The first-order valence-electron chi connectivity index (χ1n) is 4.65. The first-order chi connectivity index (χ1) is 7.60. The lowest BCUT2D eigenvalue weighted by Crippen LogP contribution is -2.23. The number of ether oxygens (including phenoxy) is 1. The molecule has 3 nitrogen and oxygen atoms in total. The summed E-state index contributed by atoms with van der Waals surface area (Å²) in [5.74, 6) is 0.0684. The lowest BCUT2D eigenvalue weighted by Gasteiger charge is -2.15. The monoisotopic (exact) mass is 262 g/mol. The number of Topliss-reactive ketones (excluding diaryl/α,β-unsaturated/α-hetero) is 1. The maximum absolute atomic E-state index is 11.2. The highest BCUT2D eigenvalue weighted by Crippen LogP contribution is 2.24. The number of carbonyl (C=O) groups is 1. The minimum Gasteiger partial charge on any atom is -0.497 e. The van der Waals surface area contributed by atoms with Gasteiger partial charge in [0.05, 0.1) is 13.0 Å². The van der Waals surface area contributed by atoms with Crippen molar-refractivity contribution < 1.29 is 14.6 Å².